The number of aromatic nitrogens is 3. The van der Waals surface area contributed by atoms with Crippen molar-refractivity contribution < 1.29 is 0 Å². The van der Waals surface area contributed by atoms with Crippen molar-refractivity contribution in [1.82, 2.24) is 19.9 Å². The van der Waals surface area contributed by atoms with Gasteiger partial charge in [0.1, 0.15) is 0 Å². The highest BCUT2D eigenvalue weighted by molar-refractivity contribution is 6.30. The normalized spacial score (nSPS) is 13.7. The second-order valence-corrected chi connectivity index (χ2v) is 8.21. The van der Waals surface area contributed by atoms with Gasteiger partial charge in [-0.3, -0.25) is 9.88 Å². The van der Waals surface area contributed by atoms with E-state index in [0.717, 1.165) is 70.8 Å². The molecule has 31 heavy (non-hydrogen) atoms. The van der Waals surface area contributed by atoms with E-state index in [-0.39, 0.29) is 0 Å². The predicted octanol–water partition coefficient (Wildman–Crippen LogP) is 5.00. The summed E-state index contributed by atoms with van der Waals surface area (Å²) < 4.78 is 0. The summed E-state index contributed by atoms with van der Waals surface area (Å²) in [5.74, 6) is 0.754. The number of hydrogen-bond donors (Lipinski definition) is 1. The Kier molecular flexibility index (Phi) is 5.37. The lowest BCUT2D eigenvalue weighted by Gasteiger charge is -2.27. The van der Waals surface area contributed by atoms with E-state index in [4.69, 9.17) is 27.3 Å². The highest BCUT2D eigenvalue weighted by atomic mass is 35.5. The van der Waals surface area contributed by atoms with Crippen LogP contribution in [0, 0.1) is 0 Å². The third kappa shape index (κ3) is 4.43. The lowest BCUT2D eigenvalue weighted by molar-refractivity contribution is 0.240. The maximum atomic E-state index is 6.01. The van der Waals surface area contributed by atoms with Crippen molar-refractivity contribution in [3.8, 4) is 22.6 Å². The number of anilines is 1. The topological polar surface area (TPSA) is 67.9 Å². The van der Waals surface area contributed by atoms with Gasteiger partial charge in [-0.2, -0.15) is 0 Å². The van der Waals surface area contributed by atoms with Gasteiger partial charge in [0.2, 0.25) is 0 Å². The fourth-order valence-corrected chi connectivity index (χ4v) is 3.98. The molecule has 6 heteroatoms. The van der Waals surface area contributed by atoms with Crippen LogP contribution in [0.2, 0.25) is 5.02 Å². The van der Waals surface area contributed by atoms with E-state index < -0.39 is 0 Å². The van der Waals surface area contributed by atoms with Gasteiger partial charge in [0.15, 0.2) is 5.82 Å². The molecule has 1 aliphatic heterocycles. The largest absolute Gasteiger partial charge is 0.399 e. The second-order valence-electron chi connectivity index (χ2n) is 7.77. The minimum Gasteiger partial charge on any atom is -0.399 e. The molecule has 0 radical (unpaired) electrons. The summed E-state index contributed by atoms with van der Waals surface area (Å²) in [7, 11) is 0. The molecule has 0 atom stereocenters. The van der Waals surface area contributed by atoms with E-state index >= 15 is 0 Å². The SMILES string of the molecule is Nc1ccc(-c2ncc3c(n2)CCN(Cc2cccc(-c4ccc(Cl)cc4)n2)C3)cc1. The van der Waals surface area contributed by atoms with Gasteiger partial charge in [0.05, 0.1) is 17.1 Å². The standard InChI is InChI=1S/C25H22ClN5/c26-20-8-4-17(5-9-20)23-3-1-2-22(29-23)16-31-13-12-24-19(15-31)14-28-25(30-24)18-6-10-21(27)11-7-18/h1-11,14H,12-13,15-16,27H2. The molecule has 0 spiro atoms. The van der Waals surface area contributed by atoms with Crippen molar-refractivity contribution in [3.63, 3.8) is 0 Å². The van der Waals surface area contributed by atoms with Gasteiger partial charge in [-0.25, -0.2) is 9.97 Å². The molecule has 2 aromatic heterocycles. The molecule has 2 N–H and O–H groups in total. The first-order valence-corrected chi connectivity index (χ1v) is 10.7. The quantitative estimate of drug-likeness (QED) is 0.464. The van der Waals surface area contributed by atoms with Gasteiger partial charge in [-0.15, -0.1) is 0 Å². The maximum absolute atomic E-state index is 6.01. The van der Waals surface area contributed by atoms with Crippen LogP contribution in [0.15, 0.2) is 72.9 Å². The van der Waals surface area contributed by atoms with Crippen LogP contribution < -0.4 is 5.73 Å². The smallest absolute Gasteiger partial charge is 0.159 e. The van der Waals surface area contributed by atoms with E-state index in [2.05, 4.69) is 22.0 Å². The molecule has 0 bridgehead atoms. The molecule has 2 aromatic carbocycles. The summed E-state index contributed by atoms with van der Waals surface area (Å²) in [4.78, 5) is 16.6. The molecule has 0 aliphatic carbocycles. The second kappa shape index (κ2) is 8.46. The highest BCUT2D eigenvalue weighted by Crippen LogP contribution is 2.24. The van der Waals surface area contributed by atoms with Gasteiger partial charge >= 0.3 is 0 Å². The fraction of sp³-hybridized carbons (Fsp3) is 0.160. The average Bonchev–Trinajstić information content (AvgIpc) is 2.80. The Morgan fingerprint density at radius 3 is 2.48 bits per heavy atom. The van der Waals surface area contributed by atoms with Crippen molar-refractivity contribution in [3.05, 3.63) is 94.9 Å². The Bertz CT molecular complexity index is 1210. The Morgan fingerprint density at radius 2 is 1.68 bits per heavy atom. The molecule has 5 nitrogen and oxygen atoms in total. The monoisotopic (exact) mass is 427 g/mol. The molecule has 0 saturated heterocycles. The summed E-state index contributed by atoms with van der Waals surface area (Å²) >= 11 is 6.01. The highest BCUT2D eigenvalue weighted by Gasteiger charge is 2.19. The molecule has 0 unspecified atom stereocenters. The first kappa shape index (κ1) is 19.7. The van der Waals surface area contributed by atoms with E-state index in [1.165, 1.54) is 5.56 Å². The number of rotatable bonds is 4. The Hall–Kier alpha value is -3.28. The summed E-state index contributed by atoms with van der Waals surface area (Å²) in [6, 6.07) is 21.7. The molecule has 154 valence electrons. The lowest BCUT2D eigenvalue weighted by Crippen LogP contribution is -2.31. The third-order valence-electron chi connectivity index (χ3n) is 5.51. The van der Waals surface area contributed by atoms with Crippen LogP contribution in [0.3, 0.4) is 0 Å². The first-order chi connectivity index (χ1) is 15.1. The zero-order chi connectivity index (χ0) is 21.2. The Balaban J connectivity index is 1.30. The lowest BCUT2D eigenvalue weighted by atomic mass is 10.1. The van der Waals surface area contributed by atoms with Crippen LogP contribution >= 0.6 is 11.6 Å². The molecular weight excluding hydrogens is 406 g/mol. The van der Waals surface area contributed by atoms with Crippen LogP contribution in [0.4, 0.5) is 5.69 Å². The van der Waals surface area contributed by atoms with Gasteiger partial charge in [0.25, 0.3) is 0 Å². The Morgan fingerprint density at radius 1 is 0.903 bits per heavy atom. The average molecular weight is 428 g/mol. The number of pyridine rings is 1. The zero-order valence-corrected chi connectivity index (χ0v) is 17.8. The molecular formula is C25H22ClN5. The summed E-state index contributed by atoms with van der Waals surface area (Å²) in [6.45, 7) is 2.56. The van der Waals surface area contributed by atoms with Crippen LogP contribution in [0.25, 0.3) is 22.6 Å². The number of nitrogens with zero attached hydrogens (tertiary/aromatic N) is 4. The number of fused-ring (bicyclic) bond motifs is 1. The molecule has 3 heterocycles. The molecule has 0 fully saturated rings. The van der Waals surface area contributed by atoms with Gasteiger partial charge in [-0.1, -0.05) is 29.8 Å². The van der Waals surface area contributed by atoms with Gasteiger partial charge in [0, 0.05) is 59.7 Å². The van der Waals surface area contributed by atoms with Crippen molar-refractivity contribution in [2.24, 2.45) is 0 Å². The van der Waals surface area contributed by atoms with E-state index in [1.807, 2.05) is 60.8 Å². The Labute approximate surface area is 186 Å². The zero-order valence-electron chi connectivity index (χ0n) is 17.0. The first-order valence-electron chi connectivity index (χ1n) is 10.3. The summed E-state index contributed by atoms with van der Waals surface area (Å²) in [5.41, 5.74) is 12.9. The van der Waals surface area contributed by atoms with E-state index in [0.29, 0.717) is 0 Å². The van der Waals surface area contributed by atoms with Gasteiger partial charge in [-0.05, 0) is 48.5 Å². The molecule has 4 aromatic rings. The summed E-state index contributed by atoms with van der Waals surface area (Å²) in [6.07, 6.45) is 2.86. The fourth-order valence-electron chi connectivity index (χ4n) is 3.86. The van der Waals surface area contributed by atoms with Crippen molar-refractivity contribution in [2.75, 3.05) is 12.3 Å². The van der Waals surface area contributed by atoms with Crippen molar-refractivity contribution >= 4 is 17.3 Å². The predicted molar refractivity (Wildman–Crippen MR) is 124 cm³/mol. The van der Waals surface area contributed by atoms with Gasteiger partial charge < -0.3 is 5.73 Å². The number of halogens is 1. The molecule has 1 aliphatic rings. The van der Waals surface area contributed by atoms with Crippen molar-refractivity contribution in [2.45, 2.75) is 19.5 Å². The molecule has 0 amide bonds. The van der Waals surface area contributed by atoms with Crippen LogP contribution in [0.5, 0.6) is 0 Å². The minimum absolute atomic E-state index is 0.730. The minimum atomic E-state index is 0.730. The number of nitrogens with two attached hydrogens (primary N) is 1. The van der Waals surface area contributed by atoms with Crippen molar-refractivity contribution in [1.29, 1.82) is 0 Å². The van der Waals surface area contributed by atoms with Crippen LogP contribution in [0.1, 0.15) is 17.0 Å². The van der Waals surface area contributed by atoms with E-state index in [1.54, 1.807) is 0 Å². The number of nitrogen functional groups attached to an aromatic ring is 1. The summed E-state index contributed by atoms with van der Waals surface area (Å²) in [5, 5.41) is 0.730. The van der Waals surface area contributed by atoms with Crippen LogP contribution in [-0.2, 0) is 19.5 Å². The number of hydrogen-bond acceptors (Lipinski definition) is 5. The molecule has 0 saturated carbocycles. The third-order valence-corrected chi connectivity index (χ3v) is 5.77. The van der Waals surface area contributed by atoms with E-state index in [9.17, 15) is 0 Å². The number of benzene rings is 2. The molecule has 5 rings (SSSR count). The van der Waals surface area contributed by atoms with Crippen LogP contribution in [-0.4, -0.2) is 26.4 Å². The maximum Gasteiger partial charge on any atom is 0.159 e.